The van der Waals surface area contributed by atoms with Crippen molar-refractivity contribution < 1.29 is 24.5 Å². The zero-order chi connectivity index (χ0) is 29.4. The van der Waals surface area contributed by atoms with Gasteiger partial charge in [0.25, 0.3) is 5.91 Å². The van der Waals surface area contributed by atoms with E-state index in [1.807, 2.05) is 18.2 Å². The molecule has 2 aromatic carbocycles. The summed E-state index contributed by atoms with van der Waals surface area (Å²) in [5.41, 5.74) is 1.50. The van der Waals surface area contributed by atoms with Crippen molar-refractivity contribution in [1.29, 1.82) is 0 Å². The van der Waals surface area contributed by atoms with Crippen molar-refractivity contribution >= 4 is 23.8 Å². The van der Waals surface area contributed by atoms with Gasteiger partial charge in [0.1, 0.15) is 0 Å². The summed E-state index contributed by atoms with van der Waals surface area (Å²) in [5, 5.41) is 32.0. The van der Waals surface area contributed by atoms with Crippen LogP contribution in [-0.2, 0) is 15.9 Å². The number of nitrogens with zero attached hydrogens (tertiary/aromatic N) is 3. The van der Waals surface area contributed by atoms with Gasteiger partial charge < -0.3 is 41.0 Å². The van der Waals surface area contributed by atoms with Crippen molar-refractivity contribution in [3.05, 3.63) is 59.7 Å². The van der Waals surface area contributed by atoms with E-state index in [1.54, 1.807) is 24.3 Å². The maximum atomic E-state index is 12.0. The second-order valence-corrected chi connectivity index (χ2v) is 10.1. The number of nitrogens with one attached hydrogen (secondary N) is 4. The smallest absolute Gasteiger partial charge is 0.251 e. The molecule has 1 heterocycles. The monoisotopic (exact) mass is 579 g/mol. The third kappa shape index (κ3) is 10.7. The Morgan fingerprint density at radius 1 is 0.762 bits per heavy atom. The highest BCUT2D eigenvalue weighted by Crippen LogP contribution is 2.25. The first kappa shape index (κ1) is 30.8. The zero-order valence-electron chi connectivity index (χ0n) is 23.8. The largest absolute Gasteiger partial charge is 0.504 e. The van der Waals surface area contributed by atoms with E-state index < -0.39 is 0 Å². The van der Waals surface area contributed by atoms with Crippen molar-refractivity contribution in [2.75, 3.05) is 62.0 Å². The molecule has 1 amide bonds. The first-order valence-corrected chi connectivity index (χ1v) is 14.6. The molecule has 42 heavy (non-hydrogen) atoms. The molecule has 0 bridgehead atoms. The molecule has 0 saturated heterocycles. The Morgan fingerprint density at radius 3 is 2.14 bits per heavy atom. The molecule has 3 aromatic rings. The standard InChI is InChI=1S/C30H41N7O5/c38-25-12-11-22(21-26(25)39)13-14-32-28-35-29(37-30(36-28)34-24-9-5-2-6-10-24)33-16-18-42-20-19-41-17-15-31-27(40)23-7-3-1-4-8-23/h1,3-4,7-8,11-12,21,24,38-39H,2,5-6,9-10,13-20H2,(H,31,40)(H3,32,33,34,35,36,37). The molecule has 0 aliphatic heterocycles. The number of hydrogen-bond acceptors (Lipinski definition) is 11. The van der Waals surface area contributed by atoms with Crippen LogP contribution >= 0.6 is 0 Å². The topological polar surface area (TPSA) is 163 Å². The molecule has 12 nitrogen and oxygen atoms in total. The number of carbonyl (C=O) groups excluding carboxylic acids is 1. The van der Waals surface area contributed by atoms with Crippen LogP contribution in [0.5, 0.6) is 11.5 Å². The number of phenolic OH excluding ortho intramolecular Hbond substituents is 2. The Hall–Kier alpha value is -4.16. The molecule has 12 heteroatoms. The van der Waals surface area contributed by atoms with Crippen molar-refractivity contribution in [3.63, 3.8) is 0 Å². The minimum absolute atomic E-state index is 0.118. The van der Waals surface area contributed by atoms with Crippen LogP contribution in [-0.4, -0.2) is 83.2 Å². The Bertz CT molecular complexity index is 1240. The number of aromatic nitrogens is 3. The van der Waals surface area contributed by atoms with Gasteiger partial charge in [-0.3, -0.25) is 4.79 Å². The number of anilines is 3. The fourth-order valence-corrected chi connectivity index (χ4v) is 4.56. The maximum absolute atomic E-state index is 12.0. The summed E-state index contributed by atoms with van der Waals surface area (Å²) in [6.07, 6.45) is 6.46. The number of benzene rings is 2. The molecule has 6 N–H and O–H groups in total. The number of carbonyl (C=O) groups is 1. The van der Waals surface area contributed by atoms with Crippen LogP contribution in [0.3, 0.4) is 0 Å². The summed E-state index contributed by atoms with van der Waals surface area (Å²) in [7, 11) is 0. The van der Waals surface area contributed by atoms with E-state index in [1.165, 1.54) is 25.3 Å². The quantitative estimate of drug-likeness (QED) is 0.102. The van der Waals surface area contributed by atoms with Crippen molar-refractivity contribution in [3.8, 4) is 11.5 Å². The second-order valence-electron chi connectivity index (χ2n) is 10.1. The van der Waals surface area contributed by atoms with Crippen LogP contribution in [0.2, 0.25) is 0 Å². The average Bonchev–Trinajstić information content (AvgIpc) is 3.00. The fourth-order valence-electron chi connectivity index (χ4n) is 4.56. The van der Waals surface area contributed by atoms with E-state index in [-0.39, 0.29) is 17.4 Å². The third-order valence-corrected chi connectivity index (χ3v) is 6.78. The number of aromatic hydroxyl groups is 2. The summed E-state index contributed by atoms with van der Waals surface area (Å²) < 4.78 is 11.2. The van der Waals surface area contributed by atoms with Gasteiger partial charge in [0, 0.05) is 31.2 Å². The fraction of sp³-hybridized carbons (Fsp3) is 0.467. The Morgan fingerprint density at radius 2 is 1.43 bits per heavy atom. The lowest BCUT2D eigenvalue weighted by atomic mass is 9.96. The number of ether oxygens (including phenoxy) is 2. The number of amides is 1. The Balaban J connectivity index is 1.16. The highest BCUT2D eigenvalue weighted by Gasteiger charge is 2.16. The van der Waals surface area contributed by atoms with E-state index >= 15 is 0 Å². The van der Waals surface area contributed by atoms with Crippen LogP contribution in [0.15, 0.2) is 48.5 Å². The highest BCUT2D eigenvalue weighted by molar-refractivity contribution is 5.94. The van der Waals surface area contributed by atoms with Gasteiger partial charge in [-0.2, -0.15) is 15.0 Å². The molecule has 4 rings (SSSR count). The van der Waals surface area contributed by atoms with E-state index in [9.17, 15) is 15.0 Å². The van der Waals surface area contributed by atoms with Gasteiger partial charge in [0.15, 0.2) is 11.5 Å². The highest BCUT2D eigenvalue weighted by atomic mass is 16.5. The van der Waals surface area contributed by atoms with Crippen molar-refractivity contribution in [2.24, 2.45) is 0 Å². The molecular formula is C30H41N7O5. The van der Waals surface area contributed by atoms with Gasteiger partial charge in [-0.1, -0.05) is 43.5 Å². The minimum atomic E-state index is -0.140. The SMILES string of the molecule is O=C(NCCOCCOCCNc1nc(NCCc2ccc(O)c(O)c2)nc(NC2CCCCC2)n1)c1ccccc1. The van der Waals surface area contributed by atoms with Gasteiger partial charge in [0.05, 0.1) is 26.4 Å². The summed E-state index contributed by atoms with van der Waals surface area (Å²) in [6, 6.07) is 14.2. The summed E-state index contributed by atoms with van der Waals surface area (Å²) in [6.45, 7) is 3.18. The number of phenols is 2. The van der Waals surface area contributed by atoms with Gasteiger partial charge >= 0.3 is 0 Å². The summed E-state index contributed by atoms with van der Waals surface area (Å²) in [4.78, 5) is 25.6. The molecule has 226 valence electrons. The predicted octanol–water partition coefficient (Wildman–Crippen LogP) is 3.56. The number of hydrogen-bond donors (Lipinski definition) is 6. The molecule has 0 unspecified atom stereocenters. The lowest BCUT2D eigenvalue weighted by Gasteiger charge is -2.23. The molecule has 1 aromatic heterocycles. The molecular weight excluding hydrogens is 538 g/mol. The van der Waals surface area contributed by atoms with Crippen molar-refractivity contribution in [1.82, 2.24) is 20.3 Å². The molecule has 1 aliphatic rings. The van der Waals surface area contributed by atoms with Gasteiger partial charge in [-0.05, 0) is 49.1 Å². The number of rotatable bonds is 17. The van der Waals surface area contributed by atoms with Gasteiger partial charge in [-0.25, -0.2) is 0 Å². The van der Waals surface area contributed by atoms with Gasteiger partial charge in [-0.15, -0.1) is 0 Å². The molecule has 1 saturated carbocycles. The van der Waals surface area contributed by atoms with E-state index in [0.717, 1.165) is 18.4 Å². The van der Waals surface area contributed by atoms with Crippen molar-refractivity contribution in [2.45, 2.75) is 44.6 Å². The molecule has 0 spiro atoms. The average molecular weight is 580 g/mol. The summed E-state index contributed by atoms with van der Waals surface area (Å²) >= 11 is 0. The minimum Gasteiger partial charge on any atom is -0.504 e. The lowest BCUT2D eigenvalue weighted by Crippen LogP contribution is -2.27. The Kier molecular flexibility index (Phi) is 12.4. The first-order valence-electron chi connectivity index (χ1n) is 14.6. The van der Waals surface area contributed by atoms with Gasteiger partial charge in [0.2, 0.25) is 17.8 Å². The van der Waals surface area contributed by atoms with E-state index in [2.05, 4.69) is 36.2 Å². The van der Waals surface area contributed by atoms with Crippen LogP contribution in [0.1, 0.15) is 48.0 Å². The molecule has 1 aliphatic carbocycles. The summed E-state index contributed by atoms with van der Waals surface area (Å²) in [5.74, 6) is 1.02. The predicted molar refractivity (Wildman–Crippen MR) is 161 cm³/mol. The normalized spacial score (nSPS) is 13.4. The van der Waals surface area contributed by atoms with E-state index in [0.29, 0.717) is 81.9 Å². The lowest BCUT2D eigenvalue weighted by molar-refractivity contribution is 0.0519. The zero-order valence-corrected chi connectivity index (χ0v) is 23.8. The molecule has 0 radical (unpaired) electrons. The molecule has 0 atom stereocenters. The van der Waals surface area contributed by atoms with Crippen LogP contribution in [0.4, 0.5) is 17.8 Å². The maximum Gasteiger partial charge on any atom is 0.251 e. The van der Waals surface area contributed by atoms with Crippen LogP contribution in [0.25, 0.3) is 0 Å². The van der Waals surface area contributed by atoms with E-state index in [4.69, 9.17) is 9.47 Å². The van der Waals surface area contributed by atoms with Crippen LogP contribution < -0.4 is 21.3 Å². The Labute approximate surface area is 246 Å². The van der Waals surface area contributed by atoms with Crippen LogP contribution in [0, 0.1) is 0 Å². The molecule has 1 fully saturated rings. The first-order chi connectivity index (χ1) is 20.6. The second kappa shape index (κ2) is 16.9. The third-order valence-electron chi connectivity index (χ3n) is 6.78.